The second-order valence-corrected chi connectivity index (χ2v) is 7.21. The van der Waals surface area contributed by atoms with Crippen molar-refractivity contribution in [3.05, 3.63) is 89.5 Å². The Morgan fingerprint density at radius 3 is 2.06 bits per heavy atom. The number of hydrogen-bond acceptors (Lipinski definition) is 4. The normalized spacial score (nSPS) is 10.3. The molecule has 0 aliphatic carbocycles. The van der Waals surface area contributed by atoms with Crippen LogP contribution < -0.4 is 10.6 Å². The summed E-state index contributed by atoms with van der Waals surface area (Å²) >= 11 is 0. The van der Waals surface area contributed by atoms with Crippen LogP contribution in [-0.4, -0.2) is 30.9 Å². The average molecular weight is 416 g/mol. The zero-order valence-corrected chi connectivity index (χ0v) is 17.5. The second kappa shape index (κ2) is 10.2. The highest BCUT2D eigenvalue weighted by atomic mass is 16.5. The Kier molecular flexibility index (Phi) is 7.17. The molecule has 0 aromatic heterocycles. The van der Waals surface area contributed by atoms with E-state index in [1.807, 2.05) is 74.5 Å². The van der Waals surface area contributed by atoms with Crippen molar-refractivity contribution in [2.24, 2.45) is 0 Å². The first kappa shape index (κ1) is 21.8. The Hall–Kier alpha value is -3.93. The summed E-state index contributed by atoms with van der Waals surface area (Å²) in [4.78, 5) is 36.1. The summed E-state index contributed by atoms with van der Waals surface area (Å²) in [7, 11) is 0. The number of aryl methyl sites for hydroxylation is 2. The number of hydrogen-bond donors (Lipinski definition) is 2. The van der Waals surface area contributed by atoms with E-state index in [0.29, 0.717) is 11.3 Å². The van der Waals surface area contributed by atoms with Crippen LogP contribution in [0.5, 0.6) is 0 Å². The van der Waals surface area contributed by atoms with E-state index in [2.05, 4.69) is 10.6 Å². The van der Waals surface area contributed by atoms with Crippen LogP contribution in [-0.2, 0) is 14.3 Å². The third-order valence-electron chi connectivity index (χ3n) is 4.52. The molecule has 6 nitrogen and oxygen atoms in total. The van der Waals surface area contributed by atoms with E-state index < -0.39 is 24.4 Å². The smallest absolute Gasteiger partial charge is 0.325 e. The number of ether oxygens (including phenoxy) is 1. The van der Waals surface area contributed by atoms with Gasteiger partial charge in [-0.25, -0.2) is 0 Å². The van der Waals surface area contributed by atoms with Crippen LogP contribution in [0.15, 0.2) is 72.8 Å². The number of nitrogens with one attached hydrogen (secondary N) is 2. The Morgan fingerprint density at radius 1 is 0.806 bits per heavy atom. The lowest BCUT2D eigenvalue weighted by atomic mass is 10.0. The predicted molar refractivity (Wildman–Crippen MR) is 120 cm³/mol. The van der Waals surface area contributed by atoms with E-state index in [0.717, 1.165) is 22.3 Å². The molecule has 3 aromatic rings. The molecule has 2 amide bonds. The summed E-state index contributed by atoms with van der Waals surface area (Å²) in [6.45, 7) is 3.12. The van der Waals surface area contributed by atoms with Crippen molar-refractivity contribution in [1.29, 1.82) is 0 Å². The summed E-state index contributed by atoms with van der Waals surface area (Å²) in [5.41, 5.74) is 5.16. The van der Waals surface area contributed by atoms with E-state index in [4.69, 9.17) is 4.74 Å². The lowest BCUT2D eigenvalue weighted by Gasteiger charge is -2.09. The fourth-order valence-electron chi connectivity index (χ4n) is 3.14. The van der Waals surface area contributed by atoms with Gasteiger partial charge in [-0.05, 0) is 60.4 Å². The molecule has 0 fully saturated rings. The molecule has 6 heteroatoms. The van der Waals surface area contributed by atoms with Gasteiger partial charge in [0.15, 0.2) is 6.61 Å². The molecular weight excluding hydrogens is 392 g/mol. The van der Waals surface area contributed by atoms with Gasteiger partial charge in [0, 0.05) is 11.3 Å². The van der Waals surface area contributed by atoms with Gasteiger partial charge in [0.05, 0.1) is 0 Å². The Balaban J connectivity index is 1.43. The molecule has 3 aromatic carbocycles. The SMILES string of the molecule is Cc1cc(C)cc(NC(=O)COC(=O)CNC(=O)c2ccc(-c3ccccc3)cc2)c1. The van der Waals surface area contributed by atoms with Gasteiger partial charge in [-0.3, -0.25) is 14.4 Å². The van der Waals surface area contributed by atoms with Crippen LogP contribution in [0.2, 0.25) is 0 Å². The number of carbonyl (C=O) groups is 3. The molecule has 0 spiro atoms. The number of esters is 1. The molecule has 2 N–H and O–H groups in total. The first-order valence-electron chi connectivity index (χ1n) is 9.88. The molecule has 0 saturated heterocycles. The van der Waals surface area contributed by atoms with Gasteiger partial charge in [-0.2, -0.15) is 0 Å². The monoisotopic (exact) mass is 416 g/mol. The molecule has 158 valence electrons. The predicted octanol–water partition coefficient (Wildman–Crippen LogP) is 3.88. The number of carbonyl (C=O) groups excluding carboxylic acids is 3. The van der Waals surface area contributed by atoms with Crippen molar-refractivity contribution in [1.82, 2.24) is 5.32 Å². The number of rotatable bonds is 7. The molecule has 31 heavy (non-hydrogen) atoms. The fourth-order valence-corrected chi connectivity index (χ4v) is 3.14. The van der Waals surface area contributed by atoms with E-state index in [1.54, 1.807) is 12.1 Å². The third kappa shape index (κ3) is 6.54. The number of benzene rings is 3. The maximum Gasteiger partial charge on any atom is 0.325 e. The standard InChI is InChI=1S/C25H24N2O4/c1-17-12-18(2)14-22(13-17)27-23(28)16-31-24(29)15-26-25(30)21-10-8-20(9-11-21)19-6-4-3-5-7-19/h3-14H,15-16H2,1-2H3,(H,26,30)(H,27,28). The number of amides is 2. The Labute approximate surface area is 181 Å². The summed E-state index contributed by atoms with van der Waals surface area (Å²) < 4.78 is 4.93. The van der Waals surface area contributed by atoms with Gasteiger partial charge >= 0.3 is 5.97 Å². The van der Waals surface area contributed by atoms with Gasteiger partial charge in [0.25, 0.3) is 11.8 Å². The highest BCUT2D eigenvalue weighted by Crippen LogP contribution is 2.19. The molecule has 0 aliphatic heterocycles. The zero-order valence-electron chi connectivity index (χ0n) is 17.5. The molecule has 0 unspecified atom stereocenters. The molecule has 0 radical (unpaired) electrons. The Morgan fingerprint density at radius 2 is 1.42 bits per heavy atom. The van der Waals surface area contributed by atoms with E-state index >= 15 is 0 Å². The Bertz CT molecular complexity index is 1060. The van der Waals surface area contributed by atoms with Crippen molar-refractivity contribution < 1.29 is 19.1 Å². The minimum atomic E-state index is -0.690. The van der Waals surface area contributed by atoms with Crippen molar-refractivity contribution in [3.8, 4) is 11.1 Å². The third-order valence-corrected chi connectivity index (χ3v) is 4.52. The first-order chi connectivity index (χ1) is 14.9. The molecule has 0 heterocycles. The van der Waals surface area contributed by atoms with Gasteiger partial charge in [-0.15, -0.1) is 0 Å². The summed E-state index contributed by atoms with van der Waals surface area (Å²) in [6.07, 6.45) is 0. The van der Waals surface area contributed by atoms with E-state index in [1.165, 1.54) is 0 Å². The fraction of sp³-hybridized carbons (Fsp3) is 0.160. The maximum absolute atomic E-state index is 12.2. The molecule has 0 bridgehead atoms. The maximum atomic E-state index is 12.2. The highest BCUT2D eigenvalue weighted by molar-refractivity contribution is 5.97. The van der Waals surface area contributed by atoms with Gasteiger partial charge in [0.2, 0.25) is 0 Å². The highest BCUT2D eigenvalue weighted by Gasteiger charge is 2.11. The summed E-state index contributed by atoms with van der Waals surface area (Å²) in [5, 5.41) is 5.19. The summed E-state index contributed by atoms with van der Waals surface area (Å²) in [5.74, 6) is -1.53. The average Bonchev–Trinajstić information content (AvgIpc) is 2.76. The molecule has 0 saturated carbocycles. The van der Waals surface area contributed by atoms with Crippen LogP contribution in [0.1, 0.15) is 21.5 Å². The minimum absolute atomic E-state index is 0.323. The van der Waals surface area contributed by atoms with Crippen molar-refractivity contribution in [3.63, 3.8) is 0 Å². The van der Waals surface area contributed by atoms with E-state index in [9.17, 15) is 14.4 Å². The van der Waals surface area contributed by atoms with Crippen LogP contribution in [0.4, 0.5) is 5.69 Å². The molecule has 0 aliphatic rings. The molecule has 0 atom stereocenters. The van der Waals surface area contributed by atoms with Gasteiger partial charge < -0.3 is 15.4 Å². The van der Waals surface area contributed by atoms with Crippen molar-refractivity contribution in [2.75, 3.05) is 18.5 Å². The summed E-state index contributed by atoms with van der Waals surface area (Å²) in [6, 6.07) is 22.5. The lowest BCUT2D eigenvalue weighted by Crippen LogP contribution is -2.32. The minimum Gasteiger partial charge on any atom is -0.454 e. The van der Waals surface area contributed by atoms with Crippen LogP contribution in [0, 0.1) is 13.8 Å². The quantitative estimate of drug-likeness (QED) is 0.573. The topological polar surface area (TPSA) is 84.5 Å². The van der Waals surface area contributed by atoms with Crippen molar-refractivity contribution >= 4 is 23.5 Å². The lowest BCUT2D eigenvalue weighted by molar-refractivity contribution is -0.146. The van der Waals surface area contributed by atoms with Crippen LogP contribution >= 0.6 is 0 Å². The first-order valence-corrected chi connectivity index (χ1v) is 9.88. The number of anilines is 1. The molecular formula is C25H24N2O4. The zero-order chi connectivity index (χ0) is 22.2. The van der Waals surface area contributed by atoms with Gasteiger partial charge in [-0.1, -0.05) is 48.5 Å². The molecule has 3 rings (SSSR count). The largest absolute Gasteiger partial charge is 0.454 e. The van der Waals surface area contributed by atoms with E-state index in [-0.39, 0.29) is 6.54 Å². The van der Waals surface area contributed by atoms with Gasteiger partial charge in [0.1, 0.15) is 6.54 Å². The van der Waals surface area contributed by atoms with Crippen LogP contribution in [0.3, 0.4) is 0 Å². The second-order valence-electron chi connectivity index (χ2n) is 7.21. The van der Waals surface area contributed by atoms with Crippen LogP contribution in [0.25, 0.3) is 11.1 Å². The van der Waals surface area contributed by atoms with Crippen molar-refractivity contribution in [2.45, 2.75) is 13.8 Å².